The fourth-order valence-corrected chi connectivity index (χ4v) is 3.24. The number of nitrogens with one attached hydrogen (secondary N) is 3. The van der Waals surface area contributed by atoms with E-state index in [1.54, 1.807) is 24.3 Å². The molecule has 0 radical (unpaired) electrons. The fraction of sp³-hybridized carbons (Fsp3) is 0.190. The Morgan fingerprint density at radius 1 is 0.967 bits per heavy atom. The van der Waals surface area contributed by atoms with Gasteiger partial charge in [-0.3, -0.25) is 14.4 Å². The number of benzene rings is 2. The van der Waals surface area contributed by atoms with Crippen LogP contribution in [0.15, 0.2) is 59.5 Å². The number of fused-ring (bicyclic) bond motifs is 2. The van der Waals surface area contributed by atoms with E-state index in [-0.39, 0.29) is 19.0 Å². The number of carbonyl (C=O) groups excluding carboxylic acids is 2. The molecule has 9 heteroatoms. The van der Waals surface area contributed by atoms with Gasteiger partial charge in [0.05, 0.1) is 11.9 Å². The quantitative estimate of drug-likeness (QED) is 0.420. The Labute approximate surface area is 171 Å². The van der Waals surface area contributed by atoms with Crippen molar-refractivity contribution in [2.75, 3.05) is 13.1 Å². The van der Waals surface area contributed by atoms with E-state index in [0.717, 1.165) is 21.1 Å². The topological polar surface area (TPSA) is 122 Å². The Bertz CT molecular complexity index is 1280. The molecule has 4 rings (SSSR count). The van der Waals surface area contributed by atoms with Crippen LogP contribution in [0, 0.1) is 0 Å². The molecule has 0 aliphatic heterocycles. The maximum Gasteiger partial charge on any atom is 0.278 e. The summed E-state index contributed by atoms with van der Waals surface area (Å²) in [5.41, 5.74) is 2.23. The van der Waals surface area contributed by atoms with Crippen LogP contribution in [0.25, 0.3) is 21.8 Å². The highest BCUT2D eigenvalue weighted by Crippen LogP contribution is 2.17. The third-order valence-electron chi connectivity index (χ3n) is 4.76. The lowest BCUT2D eigenvalue weighted by atomic mass is 10.1. The van der Waals surface area contributed by atoms with Crippen molar-refractivity contribution in [1.82, 2.24) is 30.6 Å². The number of para-hydroxylation sites is 1. The summed E-state index contributed by atoms with van der Waals surface area (Å²) in [4.78, 5) is 39.6. The molecular formula is C21H20N6O3. The van der Waals surface area contributed by atoms with Gasteiger partial charge in [0.15, 0.2) is 0 Å². The molecule has 3 N–H and O–H groups in total. The summed E-state index contributed by atoms with van der Waals surface area (Å²) in [6.45, 7) is -0.0338. The monoisotopic (exact) mass is 404 g/mol. The van der Waals surface area contributed by atoms with E-state index in [1.807, 2.05) is 30.5 Å². The Morgan fingerprint density at radius 3 is 2.60 bits per heavy atom. The van der Waals surface area contributed by atoms with E-state index in [0.29, 0.717) is 23.9 Å². The zero-order valence-corrected chi connectivity index (χ0v) is 16.1. The van der Waals surface area contributed by atoms with Gasteiger partial charge in [0.2, 0.25) is 11.8 Å². The van der Waals surface area contributed by atoms with Crippen LogP contribution in [0.3, 0.4) is 0 Å². The minimum absolute atomic E-state index is 0.178. The molecule has 0 saturated carbocycles. The number of H-pyrrole nitrogens is 1. The predicted octanol–water partition coefficient (Wildman–Crippen LogP) is 0.748. The van der Waals surface area contributed by atoms with Crippen molar-refractivity contribution in [3.63, 3.8) is 0 Å². The van der Waals surface area contributed by atoms with Crippen molar-refractivity contribution in [2.45, 2.75) is 13.0 Å². The first-order chi connectivity index (χ1) is 14.6. The average Bonchev–Trinajstić information content (AvgIpc) is 3.18. The summed E-state index contributed by atoms with van der Waals surface area (Å²) in [5.74, 6) is -0.798. The second-order valence-electron chi connectivity index (χ2n) is 6.81. The molecule has 152 valence electrons. The van der Waals surface area contributed by atoms with Gasteiger partial charge >= 0.3 is 0 Å². The van der Waals surface area contributed by atoms with Crippen molar-refractivity contribution >= 4 is 33.6 Å². The largest absolute Gasteiger partial charge is 0.361 e. The zero-order chi connectivity index (χ0) is 20.9. The van der Waals surface area contributed by atoms with E-state index in [1.165, 1.54) is 0 Å². The number of aromatic nitrogens is 4. The lowest BCUT2D eigenvalue weighted by Gasteiger charge is -2.08. The number of hydrogen-bond donors (Lipinski definition) is 3. The number of hydrogen-bond acceptors (Lipinski definition) is 5. The van der Waals surface area contributed by atoms with Gasteiger partial charge in [-0.15, -0.1) is 5.10 Å². The normalized spacial score (nSPS) is 10.9. The molecule has 0 saturated heterocycles. The van der Waals surface area contributed by atoms with E-state index in [9.17, 15) is 14.4 Å². The van der Waals surface area contributed by atoms with Gasteiger partial charge in [0.25, 0.3) is 5.56 Å². The molecule has 0 fully saturated rings. The summed E-state index contributed by atoms with van der Waals surface area (Å²) < 4.78 is 0.979. The van der Waals surface area contributed by atoms with Crippen LogP contribution in [0.5, 0.6) is 0 Å². The zero-order valence-electron chi connectivity index (χ0n) is 16.1. The Morgan fingerprint density at radius 2 is 1.73 bits per heavy atom. The van der Waals surface area contributed by atoms with Crippen molar-refractivity contribution in [1.29, 1.82) is 0 Å². The van der Waals surface area contributed by atoms with Crippen LogP contribution < -0.4 is 16.2 Å². The van der Waals surface area contributed by atoms with Crippen LogP contribution >= 0.6 is 0 Å². The minimum atomic E-state index is -0.492. The molecular weight excluding hydrogens is 384 g/mol. The molecule has 30 heavy (non-hydrogen) atoms. The first-order valence-electron chi connectivity index (χ1n) is 9.53. The van der Waals surface area contributed by atoms with Crippen molar-refractivity contribution in [3.05, 3.63) is 70.6 Å². The Hall–Kier alpha value is -4.01. The number of amides is 2. The van der Waals surface area contributed by atoms with Gasteiger partial charge in [-0.1, -0.05) is 35.5 Å². The summed E-state index contributed by atoms with van der Waals surface area (Å²) in [6.07, 6.45) is 2.60. The molecule has 2 aromatic heterocycles. The first-order valence-corrected chi connectivity index (χ1v) is 9.53. The van der Waals surface area contributed by atoms with E-state index >= 15 is 0 Å². The molecule has 0 aliphatic carbocycles. The van der Waals surface area contributed by atoms with Crippen molar-refractivity contribution in [2.24, 2.45) is 0 Å². The van der Waals surface area contributed by atoms with E-state index in [2.05, 4.69) is 25.9 Å². The molecule has 0 atom stereocenters. The van der Waals surface area contributed by atoms with Crippen LogP contribution in [-0.2, 0) is 22.6 Å². The second kappa shape index (κ2) is 8.56. The summed E-state index contributed by atoms with van der Waals surface area (Å²) in [5, 5.41) is 14.5. The summed E-state index contributed by atoms with van der Waals surface area (Å²) >= 11 is 0. The third kappa shape index (κ3) is 4.19. The van der Waals surface area contributed by atoms with E-state index in [4.69, 9.17) is 0 Å². The maximum atomic E-state index is 12.3. The number of nitrogens with zero attached hydrogens (tertiary/aromatic N) is 3. The van der Waals surface area contributed by atoms with Crippen molar-refractivity contribution in [3.8, 4) is 0 Å². The van der Waals surface area contributed by atoms with Crippen LogP contribution in [-0.4, -0.2) is 44.9 Å². The highest BCUT2D eigenvalue weighted by molar-refractivity contribution is 5.85. The van der Waals surface area contributed by atoms with Crippen LogP contribution in [0.1, 0.15) is 5.56 Å². The molecule has 0 bridgehead atoms. The van der Waals surface area contributed by atoms with Crippen LogP contribution in [0.2, 0.25) is 0 Å². The molecule has 0 unspecified atom stereocenters. The number of aromatic amines is 1. The second-order valence-corrected chi connectivity index (χ2v) is 6.81. The summed E-state index contributed by atoms with van der Waals surface area (Å²) in [6, 6.07) is 14.7. The average molecular weight is 404 g/mol. The van der Waals surface area contributed by atoms with Gasteiger partial charge < -0.3 is 15.6 Å². The molecule has 4 aromatic rings. The molecule has 0 spiro atoms. The number of carbonyl (C=O) groups is 2. The van der Waals surface area contributed by atoms with Gasteiger partial charge in [0.1, 0.15) is 12.1 Å². The Kier molecular flexibility index (Phi) is 5.51. The molecule has 2 aromatic carbocycles. The molecule has 0 aliphatic rings. The van der Waals surface area contributed by atoms with Gasteiger partial charge in [-0.2, -0.15) is 0 Å². The SMILES string of the molecule is O=C(CNC(=O)Cn1nnc2ccccc2c1=O)NCCc1c[nH]c2ccccc12. The van der Waals surface area contributed by atoms with Gasteiger partial charge in [0, 0.05) is 23.6 Å². The minimum Gasteiger partial charge on any atom is -0.361 e. The Balaban J connectivity index is 1.25. The number of rotatable bonds is 7. The van der Waals surface area contributed by atoms with Crippen molar-refractivity contribution < 1.29 is 9.59 Å². The standard InChI is InChI=1S/C21H20N6O3/c28-19(22-10-9-14-11-23-17-7-3-1-5-15(14)17)12-24-20(29)13-27-21(30)16-6-2-4-8-18(16)25-26-27/h1-8,11,23H,9-10,12-13H2,(H,22,28)(H,24,29). The molecule has 2 heterocycles. The van der Waals surface area contributed by atoms with Gasteiger partial charge in [-0.25, -0.2) is 4.68 Å². The smallest absolute Gasteiger partial charge is 0.278 e. The summed E-state index contributed by atoms with van der Waals surface area (Å²) in [7, 11) is 0. The van der Waals surface area contributed by atoms with E-state index < -0.39 is 11.5 Å². The van der Waals surface area contributed by atoms with Gasteiger partial charge in [-0.05, 0) is 30.2 Å². The van der Waals surface area contributed by atoms with Crippen LogP contribution in [0.4, 0.5) is 0 Å². The molecule has 2 amide bonds. The lowest BCUT2D eigenvalue weighted by molar-refractivity contribution is -0.126. The highest BCUT2D eigenvalue weighted by atomic mass is 16.2. The lowest BCUT2D eigenvalue weighted by Crippen LogP contribution is -2.40. The highest BCUT2D eigenvalue weighted by Gasteiger charge is 2.11. The predicted molar refractivity (Wildman–Crippen MR) is 112 cm³/mol. The third-order valence-corrected chi connectivity index (χ3v) is 4.76. The fourth-order valence-electron chi connectivity index (χ4n) is 3.24. The first kappa shape index (κ1) is 19.3. The maximum absolute atomic E-state index is 12.3. The molecule has 9 nitrogen and oxygen atoms in total.